The lowest BCUT2D eigenvalue weighted by Gasteiger charge is -2.10. The highest BCUT2D eigenvalue weighted by Gasteiger charge is 2.14. The maximum Gasteiger partial charge on any atom is 0.338 e. The van der Waals surface area contributed by atoms with Crippen molar-refractivity contribution in [2.75, 3.05) is 0 Å². The summed E-state index contributed by atoms with van der Waals surface area (Å²) in [5, 5.41) is 15.6. The predicted octanol–water partition coefficient (Wildman–Crippen LogP) is 4.41. The molecule has 3 aromatic carbocycles. The lowest BCUT2D eigenvalue weighted by Crippen LogP contribution is -2.14. The van der Waals surface area contributed by atoms with E-state index in [9.17, 15) is 9.59 Å². The van der Waals surface area contributed by atoms with E-state index >= 15 is 0 Å². The standard InChI is InChI=1S/C22H13ClN4O4/c23-17-9-18-16(20(28)26-22(25-18)27-11-14(10-24-27)21(29)30)8-19(17)31-15-6-5-12-3-1-2-4-13(12)7-15/h1-11H,(H,29,30)(H,25,26,28). The maximum atomic E-state index is 12.7. The van der Waals surface area contributed by atoms with Crippen LogP contribution in [0, 0.1) is 0 Å². The molecule has 0 aliphatic carbocycles. The van der Waals surface area contributed by atoms with Gasteiger partial charge in [-0.3, -0.25) is 9.78 Å². The smallest absolute Gasteiger partial charge is 0.338 e. The summed E-state index contributed by atoms with van der Waals surface area (Å²) >= 11 is 6.39. The van der Waals surface area contributed by atoms with Gasteiger partial charge in [0.25, 0.3) is 5.56 Å². The summed E-state index contributed by atoms with van der Waals surface area (Å²) in [6.07, 6.45) is 2.42. The molecule has 2 N–H and O–H groups in total. The summed E-state index contributed by atoms with van der Waals surface area (Å²) in [5.41, 5.74) is -0.144. The Labute approximate surface area is 179 Å². The van der Waals surface area contributed by atoms with Crippen LogP contribution in [-0.4, -0.2) is 30.8 Å². The monoisotopic (exact) mass is 432 g/mol. The van der Waals surface area contributed by atoms with Crippen molar-refractivity contribution in [2.24, 2.45) is 0 Å². The molecular weight excluding hydrogens is 420 g/mol. The van der Waals surface area contributed by atoms with Crippen molar-refractivity contribution in [1.29, 1.82) is 0 Å². The van der Waals surface area contributed by atoms with Gasteiger partial charge in [-0.05, 0) is 35.0 Å². The summed E-state index contributed by atoms with van der Waals surface area (Å²) in [6, 6.07) is 16.6. The highest BCUT2D eigenvalue weighted by Crippen LogP contribution is 2.33. The molecule has 0 radical (unpaired) electrons. The minimum atomic E-state index is -1.13. The average Bonchev–Trinajstić information content (AvgIpc) is 3.25. The van der Waals surface area contributed by atoms with E-state index < -0.39 is 11.5 Å². The zero-order valence-corrected chi connectivity index (χ0v) is 16.5. The molecular formula is C22H13ClN4O4. The molecule has 8 nitrogen and oxygen atoms in total. The van der Waals surface area contributed by atoms with E-state index in [2.05, 4.69) is 15.1 Å². The van der Waals surface area contributed by atoms with Crippen LogP contribution in [0.3, 0.4) is 0 Å². The van der Waals surface area contributed by atoms with Gasteiger partial charge >= 0.3 is 5.97 Å². The van der Waals surface area contributed by atoms with E-state index in [0.29, 0.717) is 17.0 Å². The molecule has 0 saturated carbocycles. The van der Waals surface area contributed by atoms with Crippen molar-refractivity contribution in [3.05, 3.63) is 87.9 Å². The van der Waals surface area contributed by atoms with Gasteiger partial charge in [-0.1, -0.05) is 41.9 Å². The number of benzene rings is 3. The number of H-pyrrole nitrogens is 1. The summed E-state index contributed by atoms with van der Waals surface area (Å²) in [5.74, 6) is -0.160. The Morgan fingerprint density at radius 1 is 1.10 bits per heavy atom. The first kappa shape index (κ1) is 18.8. The van der Waals surface area contributed by atoms with Gasteiger partial charge in [0.1, 0.15) is 11.5 Å². The van der Waals surface area contributed by atoms with Crippen molar-refractivity contribution in [3.63, 3.8) is 0 Å². The molecule has 0 bridgehead atoms. The van der Waals surface area contributed by atoms with Crippen molar-refractivity contribution in [3.8, 4) is 17.4 Å². The van der Waals surface area contributed by atoms with Crippen LogP contribution < -0.4 is 10.3 Å². The minimum Gasteiger partial charge on any atom is -0.478 e. The number of aromatic amines is 1. The predicted molar refractivity (Wildman–Crippen MR) is 115 cm³/mol. The van der Waals surface area contributed by atoms with Gasteiger partial charge in [0.2, 0.25) is 5.95 Å². The third kappa shape index (κ3) is 3.49. The second-order valence-electron chi connectivity index (χ2n) is 6.78. The lowest BCUT2D eigenvalue weighted by molar-refractivity contribution is 0.0697. The molecule has 0 unspecified atom stereocenters. The SMILES string of the molecule is O=C(O)c1cnn(-c2nc3cc(Cl)c(Oc4ccc5ccccc5c4)cc3c(=O)[nH]2)c1. The number of halogens is 1. The summed E-state index contributed by atoms with van der Waals surface area (Å²) in [7, 11) is 0. The second-order valence-corrected chi connectivity index (χ2v) is 7.19. The van der Waals surface area contributed by atoms with Crippen LogP contribution in [-0.2, 0) is 0 Å². The van der Waals surface area contributed by atoms with Gasteiger partial charge < -0.3 is 9.84 Å². The van der Waals surface area contributed by atoms with Crippen molar-refractivity contribution in [1.82, 2.24) is 19.7 Å². The fourth-order valence-corrected chi connectivity index (χ4v) is 3.42. The topological polar surface area (TPSA) is 110 Å². The number of carboxylic acid groups (broad SMARTS) is 1. The maximum absolute atomic E-state index is 12.7. The first-order chi connectivity index (χ1) is 15.0. The van der Waals surface area contributed by atoms with Crippen LogP contribution in [0.15, 0.2) is 71.8 Å². The van der Waals surface area contributed by atoms with Crippen LogP contribution in [0.1, 0.15) is 10.4 Å². The third-order valence-electron chi connectivity index (χ3n) is 4.74. The fourth-order valence-electron chi connectivity index (χ4n) is 3.22. The molecule has 2 heterocycles. The number of carboxylic acids is 1. The highest BCUT2D eigenvalue weighted by molar-refractivity contribution is 6.32. The zero-order valence-electron chi connectivity index (χ0n) is 15.7. The third-order valence-corrected chi connectivity index (χ3v) is 5.04. The normalized spacial score (nSPS) is 11.1. The number of rotatable bonds is 4. The first-order valence-electron chi connectivity index (χ1n) is 9.16. The van der Waals surface area contributed by atoms with Gasteiger partial charge in [-0.2, -0.15) is 5.10 Å². The molecule has 0 atom stereocenters. The molecule has 0 aliphatic rings. The number of carbonyl (C=O) groups is 1. The molecule has 0 amide bonds. The molecule has 2 aromatic heterocycles. The van der Waals surface area contributed by atoms with Crippen molar-refractivity contribution >= 4 is 39.2 Å². The van der Waals surface area contributed by atoms with E-state index in [0.717, 1.165) is 10.8 Å². The van der Waals surface area contributed by atoms with Crippen molar-refractivity contribution in [2.45, 2.75) is 0 Å². The first-order valence-corrected chi connectivity index (χ1v) is 9.54. The van der Waals surface area contributed by atoms with E-state index in [4.69, 9.17) is 21.4 Å². The number of aromatic nitrogens is 4. The number of aromatic carboxylic acids is 1. The Bertz CT molecular complexity index is 1540. The second kappa shape index (κ2) is 7.26. The van der Waals surface area contributed by atoms with Crippen LogP contribution in [0.25, 0.3) is 27.6 Å². The number of nitrogens with one attached hydrogen (secondary N) is 1. The fraction of sp³-hybridized carbons (Fsp3) is 0. The van der Waals surface area contributed by atoms with E-state index in [1.165, 1.54) is 29.2 Å². The van der Waals surface area contributed by atoms with E-state index in [-0.39, 0.29) is 21.9 Å². The molecule has 0 spiro atoms. The Morgan fingerprint density at radius 3 is 2.68 bits per heavy atom. The molecule has 5 rings (SSSR count). The Morgan fingerprint density at radius 2 is 1.90 bits per heavy atom. The lowest BCUT2D eigenvalue weighted by atomic mass is 10.1. The van der Waals surface area contributed by atoms with E-state index in [1.807, 2.05) is 42.5 Å². The van der Waals surface area contributed by atoms with E-state index in [1.54, 1.807) is 0 Å². The Kier molecular flexibility index (Phi) is 4.41. The number of fused-ring (bicyclic) bond motifs is 2. The van der Waals surface area contributed by atoms with Gasteiger partial charge in [-0.15, -0.1) is 0 Å². The number of hydrogen-bond acceptors (Lipinski definition) is 5. The number of nitrogens with zero attached hydrogens (tertiary/aromatic N) is 3. The largest absolute Gasteiger partial charge is 0.478 e. The number of ether oxygens (including phenoxy) is 1. The molecule has 0 aliphatic heterocycles. The molecule has 0 saturated heterocycles. The summed E-state index contributed by atoms with van der Waals surface area (Å²) < 4.78 is 7.11. The molecule has 0 fully saturated rings. The van der Waals surface area contributed by atoms with Crippen LogP contribution >= 0.6 is 11.6 Å². The van der Waals surface area contributed by atoms with Gasteiger partial charge in [0, 0.05) is 6.20 Å². The van der Waals surface area contributed by atoms with Gasteiger partial charge in [-0.25, -0.2) is 14.5 Å². The average molecular weight is 433 g/mol. The van der Waals surface area contributed by atoms with Crippen LogP contribution in [0.4, 0.5) is 0 Å². The van der Waals surface area contributed by atoms with Gasteiger partial charge in [0.15, 0.2) is 0 Å². The Balaban J connectivity index is 1.54. The number of hydrogen-bond donors (Lipinski definition) is 2. The molecule has 5 aromatic rings. The van der Waals surface area contributed by atoms with Crippen molar-refractivity contribution < 1.29 is 14.6 Å². The zero-order chi connectivity index (χ0) is 21.5. The van der Waals surface area contributed by atoms with Gasteiger partial charge in [0.05, 0.1) is 27.7 Å². The molecule has 9 heteroatoms. The summed E-state index contributed by atoms with van der Waals surface area (Å²) in [6.45, 7) is 0. The minimum absolute atomic E-state index is 0.0279. The molecule has 152 valence electrons. The van der Waals surface area contributed by atoms with Crippen LogP contribution in [0.2, 0.25) is 5.02 Å². The summed E-state index contributed by atoms with van der Waals surface area (Å²) in [4.78, 5) is 30.6. The molecule has 31 heavy (non-hydrogen) atoms. The quantitative estimate of drug-likeness (QED) is 0.435. The highest BCUT2D eigenvalue weighted by atomic mass is 35.5. The Hall–Kier alpha value is -4.17. The van der Waals surface area contributed by atoms with Crippen LogP contribution in [0.5, 0.6) is 11.5 Å².